The van der Waals surface area contributed by atoms with Gasteiger partial charge in [0.15, 0.2) is 9.84 Å². The van der Waals surface area contributed by atoms with Crippen molar-refractivity contribution in [2.24, 2.45) is 0 Å². The molecule has 1 heterocycles. The van der Waals surface area contributed by atoms with Gasteiger partial charge < -0.3 is 9.73 Å². The van der Waals surface area contributed by atoms with Crippen LogP contribution < -0.4 is 5.32 Å². The van der Waals surface area contributed by atoms with E-state index in [1.54, 1.807) is 19.3 Å². The van der Waals surface area contributed by atoms with E-state index in [1.807, 2.05) is 6.92 Å². The van der Waals surface area contributed by atoms with Crippen LogP contribution in [0.1, 0.15) is 25.6 Å². The van der Waals surface area contributed by atoms with Crippen molar-refractivity contribution in [2.75, 3.05) is 12.8 Å². The Morgan fingerprint density at radius 2 is 2.19 bits per heavy atom. The molecule has 0 radical (unpaired) electrons. The first-order valence-electron chi connectivity index (χ1n) is 5.03. The molecule has 2 atom stereocenters. The van der Waals surface area contributed by atoms with E-state index in [2.05, 4.69) is 21.2 Å². The lowest BCUT2D eigenvalue weighted by Gasteiger charge is -2.21. The second-order valence-electron chi connectivity index (χ2n) is 3.70. The van der Waals surface area contributed by atoms with E-state index in [0.717, 1.165) is 4.47 Å². The number of nitrogens with one attached hydrogen (secondary N) is 1. The van der Waals surface area contributed by atoms with Crippen molar-refractivity contribution in [2.45, 2.75) is 25.1 Å². The highest BCUT2D eigenvalue weighted by Crippen LogP contribution is 2.29. The summed E-state index contributed by atoms with van der Waals surface area (Å²) in [4.78, 5) is 0. The monoisotopic (exact) mass is 309 g/mol. The van der Waals surface area contributed by atoms with Gasteiger partial charge in [0.1, 0.15) is 5.76 Å². The van der Waals surface area contributed by atoms with E-state index >= 15 is 0 Å². The SMILES string of the molecule is CCNC(c1occc1Br)C(C)S(C)(=O)=O. The fraction of sp³-hybridized carbons (Fsp3) is 0.600. The molecule has 0 saturated carbocycles. The van der Waals surface area contributed by atoms with Crippen LogP contribution in [0.4, 0.5) is 0 Å². The number of furan rings is 1. The fourth-order valence-corrected chi connectivity index (χ4v) is 2.63. The largest absolute Gasteiger partial charge is 0.466 e. The number of hydrogen-bond donors (Lipinski definition) is 1. The predicted octanol–water partition coefficient (Wildman–Crippen LogP) is 2.13. The summed E-state index contributed by atoms with van der Waals surface area (Å²) in [6.07, 6.45) is 2.78. The fourth-order valence-electron chi connectivity index (χ4n) is 1.47. The molecule has 0 aliphatic carbocycles. The van der Waals surface area contributed by atoms with Crippen LogP contribution in [0.5, 0.6) is 0 Å². The molecule has 2 unspecified atom stereocenters. The van der Waals surface area contributed by atoms with E-state index in [0.29, 0.717) is 12.3 Å². The molecule has 4 nitrogen and oxygen atoms in total. The summed E-state index contributed by atoms with van der Waals surface area (Å²) >= 11 is 3.34. The molecular weight excluding hydrogens is 294 g/mol. The summed E-state index contributed by atoms with van der Waals surface area (Å²) in [6, 6.07) is 1.43. The van der Waals surface area contributed by atoms with Crippen molar-refractivity contribution in [3.8, 4) is 0 Å². The minimum atomic E-state index is -3.11. The highest BCUT2D eigenvalue weighted by molar-refractivity contribution is 9.10. The third-order valence-corrected chi connectivity index (χ3v) is 4.77. The Labute approximate surface area is 104 Å². The van der Waals surface area contributed by atoms with Gasteiger partial charge in [0.05, 0.1) is 22.0 Å². The normalized spacial score (nSPS) is 16.0. The molecule has 0 fully saturated rings. The van der Waals surface area contributed by atoms with E-state index in [4.69, 9.17) is 4.42 Å². The Morgan fingerprint density at radius 3 is 2.56 bits per heavy atom. The molecule has 0 amide bonds. The maximum absolute atomic E-state index is 11.6. The van der Waals surface area contributed by atoms with Gasteiger partial charge >= 0.3 is 0 Å². The molecule has 0 bridgehead atoms. The van der Waals surface area contributed by atoms with Crippen LogP contribution in [0.25, 0.3) is 0 Å². The highest BCUT2D eigenvalue weighted by Gasteiger charge is 2.30. The van der Waals surface area contributed by atoms with Gasteiger partial charge in [0.25, 0.3) is 0 Å². The lowest BCUT2D eigenvalue weighted by atomic mass is 10.1. The summed E-state index contributed by atoms with van der Waals surface area (Å²) in [5, 5.41) is 2.60. The third kappa shape index (κ3) is 3.09. The Bertz CT molecular complexity index is 441. The van der Waals surface area contributed by atoms with Crippen molar-refractivity contribution in [1.82, 2.24) is 5.32 Å². The van der Waals surface area contributed by atoms with Crippen LogP contribution in [0.3, 0.4) is 0 Å². The van der Waals surface area contributed by atoms with Crippen molar-refractivity contribution in [3.63, 3.8) is 0 Å². The number of hydrogen-bond acceptors (Lipinski definition) is 4. The van der Waals surface area contributed by atoms with Crippen molar-refractivity contribution < 1.29 is 12.8 Å². The van der Waals surface area contributed by atoms with Gasteiger partial charge in [-0.15, -0.1) is 0 Å². The van der Waals surface area contributed by atoms with E-state index < -0.39 is 15.1 Å². The number of halogens is 1. The molecule has 0 aliphatic heterocycles. The zero-order valence-corrected chi connectivity index (χ0v) is 11.9. The molecule has 0 spiro atoms. The molecule has 0 aromatic carbocycles. The van der Waals surface area contributed by atoms with Crippen LogP contribution in [-0.2, 0) is 9.84 Å². The molecule has 6 heteroatoms. The zero-order valence-electron chi connectivity index (χ0n) is 9.53. The quantitative estimate of drug-likeness (QED) is 0.905. The van der Waals surface area contributed by atoms with Gasteiger partial charge in [-0.1, -0.05) is 6.92 Å². The first kappa shape index (κ1) is 13.7. The second-order valence-corrected chi connectivity index (χ2v) is 6.96. The molecule has 1 N–H and O–H groups in total. The summed E-state index contributed by atoms with van der Waals surface area (Å²) < 4.78 is 29.2. The van der Waals surface area contributed by atoms with Crippen molar-refractivity contribution >= 4 is 25.8 Å². The lowest BCUT2D eigenvalue weighted by Crippen LogP contribution is -2.34. The molecule has 1 rings (SSSR count). The lowest BCUT2D eigenvalue weighted by molar-refractivity contribution is 0.406. The van der Waals surface area contributed by atoms with Crippen LogP contribution in [0, 0.1) is 0 Å². The Balaban J connectivity index is 3.05. The Kier molecular flexibility index (Phi) is 4.58. The number of sulfone groups is 1. The Morgan fingerprint density at radius 1 is 1.56 bits per heavy atom. The first-order valence-corrected chi connectivity index (χ1v) is 7.77. The van der Waals surface area contributed by atoms with Gasteiger partial charge in [-0.25, -0.2) is 8.42 Å². The van der Waals surface area contributed by atoms with Crippen molar-refractivity contribution in [1.29, 1.82) is 0 Å². The van der Waals surface area contributed by atoms with E-state index in [1.165, 1.54) is 6.26 Å². The van der Waals surface area contributed by atoms with Gasteiger partial charge in [-0.05, 0) is 35.5 Å². The van der Waals surface area contributed by atoms with Gasteiger partial charge in [-0.3, -0.25) is 0 Å². The molecule has 1 aromatic rings. The smallest absolute Gasteiger partial charge is 0.152 e. The van der Waals surface area contributed by atoms with Gasteiger partial charge in [0, 0.05) is 6.26 Å². The van der Waals surface area contributed by atoms with E-state index in [-0.39, 0.29) is 6.04 Å². The molecular formula is C10H16BrNO3S. The average molecular weight is 310 g/mol. The molecule has 92 valence electrons. The topological polar surface area (TPSA) is 59.3 Å². The summed E-state index contributed by atoms with van der Waals surface area (Å²) in [5.41, 5.74) is 0. The predicted molar refractivity (Wildman–Crippen MR) is 67.1 cm³/mol. The minimum absolute atomic E-state index is 0.329. The van der Waals surface area contributed by atoms with Crippen LogP contribution in [-0.4, -0.2) is 26.5 Å². The maximum Gasteiger partial charge on any atom is 0.152 e. The molecule has 0 aliphatic rings. The van der Waals surface area contributed by atoms with Crippen LogP contribution in [0.2, 0.25) is 0 Å². The summed E-state index contributed by atoms with van der Waals surface area (Å²) in [7, 11) is -3.11. The molecule has 1 aromatic heterocycles. The zero-order chi connectivity index (χ0) is 12.3. The van der Waals surface area contributed by atoms with Crippen LogP contribution in [0.15, 0.2) is 21.2 Å². The Hall–Kier alpha value is -0.330. The standard InChI is InChI=1S/C10H16BrNO3S/c1-4-12-9(7(2)16(3,13)14)10-8(11)5-6-15-10/h5-7,9,12H,4H2,1-3H3. The van der Waals surface area contributed by atoms with Crippen molar-refractivity contribution in [3.05, 3.63) is 22.6 Å². The van der Waals surface area contributed by atoms with Gasteiger partial charge in [-0.2, -0.15) is 0 Å². The first-order chi connectivity index (χ1) is 7.38. The third-order valence-electron chi connectivity index (χ3n) is 2.50. The summed E-state index contributed by atoms with van der Waals surface area (Å²) in [5.74, 6) is 0.625. The maximum atomic E-state index is 11.6. The number of rotatable bonds is 5. The highest BCUT2D eigenvalue weighted by atomic mass is 79.9. The van der Waals surface area contributed by atoms with Gasteiger partial charge in [0.2, 0.25) is 0 Å². The van der Waals surface area contributed by atoms with Crippen LogP contribution >= 0.6 is 15.9 Å². The average Bonchev–Trinajstić information content (AvgIpc) is 2.58. The summed E-state index contributed by atoms with van der Waals surface area (Å²) in [6.45, 7) is 4.29. The van der Waals surface area contributed by atoms with E-state index in [9.17, 15) is 8.42 Å². The molecule has 0 saturated heterocycles. The minimum Gasteiger partial charge on any atom is -0.466 e. The molecule has 16 heavy (non-hydrogen) atoms. The second kappa shape index (κ2) is 5.33.